The molecule has 0 saturated heterocycles. The molecular formula is C12H28N2. The summed E-state index contributed by atoms with van der Waals surface area (Å²) in [6.45, 7) is 12.5. The molecule has 14 heavy (non-hydrogen) atoms. The first-order chi connectivity index (χ1) is 6.57. The summed E-state index contributed by atoms with van der Waals surface area (Å²) < 4.78 is 0. The highest BCUT2D eigenvalue weighted by Crippen LogP contribution is 2.08. The van der Waals surface area contributed by atoms with E-state index in [9.17, 15) is 0 Å². The van der Waals surface area contributed by atoms with Gasteiger partial charge in [-0.15, -0.1) is 0 Å². The second-order valence-electron chi connectivity index (χ2n) is 4.71. The zero-order valence-electron chi connectivity index (χ0n) is 10.6. The molecule has 0 spiro atoms. The zero-order chi connectivity index (χ0) is 11.0. The fraction of sp³-hybridized carbons (Fsp3) is 1.00. The Labute approximate surface area is 90.1 Å². The Bertz CT molecular complexity index is 123. The second-order valence-corrected chi connectivity index (χ2v) is 4.71. The molecule has 2 nitrogen and oxygen atoms in total. The van der Waals surface area contributed by atoms with Crippen LogP contribution >= 0.6 is 0 Å². The van der Waals surface area contributed by atoms with E-state index in [0.717, 1.165) is 25.6 Å². The van der Waals surface area contributed by atoms with Gasteiger partial charge in [-0.25, -0.2) is 0 Å². The Morgan fingerprint density at radius 1 is 1.14 bits per heavy atom. The molecule has 0 aromatic rings. The van der Waals surface area contributed by atoms with E-state index in [-0.39, 0.29) is 0 Å². The highest BCUT2D eigenvalue weighted by atomic mass is 15.1. The van der Waals surface area contributed by atoms with E-state index in [1.165, 1.54) is 12.8 Å². The summed E-state index contributed by atoms with van der Waals surface area (Å²) in [4.78, 5) is 2.45. The summed E-state index contributed by atoms with van der Waals surface area (Å²) >= 11 is 0. The molecule has 0 amide bonds. The third kappa shape index (κ3) is 7.34. The molecule has 86 valence electrons. The third-order valence-corrected chi connectivity index (χ3v) is 2.63. The Balaban J connectivity index is 3.46. The van der Waals surface area contributed by atoms with Gasteiger partial charge in [0.05, 0.1) is 0 Å². The lowest BCUT2D eigenvalue weighted by Gasteiger charge is -2.26. The van der Waals surface area contributed by atoms with Gasteiger partial charge in [0.2, 0.25) is 0 Å². The Morgan fingerprint density at radius 2 is 1.79 bits per heavy atom. The monoisotopic (exact) mass is 200 g/mol. The lowest BCUT2D eigenvalue weighted by molar-refractivity contribution is 0.228. The van der Waals surface area contributed by atoms with Crippen molar-refractivity contribution in [2.75, 3.05) is 26.7 Å². The summed E-state index contributed by atoms with van der Waals surface area (Å²) in [6.07, 6.45) is 2.52. The molecule has 0 radical (unpaired) electrons. The normalized spacial score (nSPS) is 13.9. The van der Waals surface area contributed by atoms with Crippen LogP contribution in [0.2, 0.25) is 0 Å². The summed E-state index contributed by atoms with van der Waals surface area (Å²) in [5, 5.41) is 3.43. The van der Waals surface area contributed by atoms with Gasteiger partial charge in [-0.2, -0.15) is 0 Å². The van der Waals surface area contributed by atoms with Gasteiger partial charge in [0.15, 0.2) is 0 Å². The van der Waals surface area contributed by atoms with E-state index in [1.807, 2.05) is 0 Å². The smallest absolute Gasteiger partial charge is 0.0107 e. The molecule has 1 N–H and O–H groups in total. The Kier molecular flexibility index (Phi) is 8.20. The van der Waals surface area contributed by atoms with Crippen molar-refractivity contribution in [2.45, 2.75) is 46.6 Å². The number of rotatable bonds is 8. The van der Waals surface area contributed by atoms with Crippen molar-refractivity contribution in [3.05, 3.63) is 0 Å². The molecule has 0 fully saturated rings. The lowest BCUT2D eigenvalue weighted by atomic mass is 10.0. The molecule has 2 heteroatoms. The van der Waals surface area contributed by atoms with Crippen molar-refractivity contribution in [1.29, 1.82) is 0 Å². The molecule has 0 aliphatic carbocycles. The number of hydrogen-bond donors (Lipinski definition) is 1. The minimum Gasteiger partial charge on any atom is -0.315 e. The van der Waals surface area contributed by atoms with Gasteiger partial charge in [-0.3, -0.25) is 0 Å². The topological polar surface area (TPSA) is 15.3 Å². The first-order valence-corrected chi connectivity index (χ1v) is 5.98. The standard InChI is InChI=1S/C12H28N2/c1-6-7-13-8-9-14(5)12(4)10-11(2)3/h11-13H,6-10H2,1-5H3. The molecular weight excluding hydrogens is 172 g/mol. The van der Waals surface area contributed by atoms with Gasteiger partial charge in [-0.1, -0.05) is 20.8 Å². The van der Waals surface area contributed by atoms with Crippen LogP contribution < -0.4 is 5.32 Å². The lowest BCUT2D eigenvalue weighted by Crippen LogP contribution is -2.36. The maximum atomic E-state index is 3.43. The van der Waals surface area contributed by atoms with Gasteiger partial charge in [-0.05, 0) is 39.3 Å². The predicted molar refractivity (Wildman–Crippen MR) is 64.7 cm³/mol. The first kappa shape index (κ1) is 13.9. The van der Waals surface area contributed by atoms with Crippen LogP contribution in [-0.2, 0) is 0 Å². The minimum atomic E-state index is 0.707. The molecule has 1 unspecified atom stereocenters. The van der Waals surface area contributed by atoms with Crippen molar-refractivity contribution in [2.24, 2.45) is 5.92 Å². The minimum absolute atomic E-state index is 0.707. The summed E-state index contributed by atoms with van der Waals surface area (Å²) in [5.41, 5.74) is 0. The van der Waals surface area contributed by atoms with Crippen LogP contribution in [-0.4, -0.2) is 37.6 Å². The van der Waals surface area contributed by atoms with E-state index in [1.54, 1.807) is 0 Å². The van der Waals surface area contributed by atoms with Gasteiger partial charge in [0.25, 0.3) is 0 Å². The van der Waals surface area contributed by atoms with Crippen molar-refractivity contribution in [1.82, 2.24) is 10.2 Å². The molecule has 0 bridgehead atoms. The highest BCUT2D eigenvalue weighted by molar-refractivity contribution is 4.65. The number of hydrogen-bond acceptors (Lipinski definition) is 2. The van der Waals surface area contributed by atoms with E-state index < -0.39 is 0 Å². The van der Waals surface area contributed by atoms with Gasteiger partial charge in [0.1, 0.15) is 0 Å². The fourth-order valence-electron chi connectivity index (χ4n) is 1.64. The summed E-state index contributed by atoms with van der Waals surface area (Å²) in [6, 6.07) is 0.707. The molecule has 0 aliphatic heterocycles. The van der Waals surface area contributed by atoms with Crippen LogP contribution in [0.1, 0.15) is 40.5 Å². The second kappa shape index (κ2) is 8.25. The molecule has 0 aromatic carbocycles. The van der Waals surface area contributed by atoms with Gasteiger partial charge in [0, 0.05) is 19.1 Å². The molecule has 0 aliphatic rings. The average Bonchev–Trinajstić information content (AvgIpc) is 2.11. The van der Waals surface area contributed by atoms with Gasteiger partial charge < -0.3 is 10.2 Å². The van der Waals surface area contributed by atoms with Gasteiger partial charge >= 0.3 is 0 Å². The quantitative estimate of drug-likeness (QED) is 0.605. The van der Waals surface area contributed by atoms with Crippen molar-refractivity contribution in [3.63, 3.8) is 0 Å². The zero-order valence-corrected chi connectivity index (χ0v) is 10.6. The van der Waals surface area contributed by atoms with Crippen LogP contribution in [0.3, 0.4) is 0 Å². The third-order valence-electron chi connectivity index (χ3n) is 2.63. The number of likely N-dealkylation sites (N-methyl/N-ethyl adjacent to an activating group) is 1. The fourth-order valence-corrected chi connectivity index (χ4v) is 1.64. The largest absolute Gasteiger partial charge is 0.315 e. The molecule has 0 rings (SSSR count). The van der Waals surface area contributed by atoms with E-state index >= 15 is 0 Å². The van der Waals surface area contributed by atoms with E-state index in [0.29, 0.717) is 6.04 Å². The van der Waals surface area contributed by atoms with Crippen LogP contribution in [0.25, 0.3) is 0 Å². The average molecular weight is 200 g/mol. The number of nitrogens with zero attached hydrogens (tertiary/aromatic N) is 1. The molecule has 0 saturated carbocycles. The van der Waals surface area contributed by atoms with Crippen LogP contribution in [0.4, 0.5) is 0 Å². The van der Waals surface area contributed by atoms with E-state index in [2.05, 4.69) is 45.0 Å². The predicted octanol–water partition coefficient (Wildman–Crippen LogP) is 2.35. The Hall–Kier alpha value is -0.0800. The maximum Gasteiger partial charge on any atom is 0.0107 e. The van der Waals surface area contributed by atoms with Crippen LogP contribution in [0.15, 0.2) is 0 Å². The van der Waals surface area contributed by atoms with Crippen molar-refractivity contribution in [3.8, 4) is 0 Å². The summed E-state index contributed by atoms with van der Waals surface area (Å²) in [7, 11) is 2.22. The maximum absolute atomic E-state index is 3.43. The van der Waals surface area contributed by atoms with Crippen molar-refractivity contribution < 1.29 is 0 Å². The molecule has 0 aromatic heterocycles. The SMILES string of the molecule is CCCNCCN(C)C(C)CC(C)C. The van der Waals surface area contributed by atoms with Crippen LogP contribution in [0, 0.1) is 5.92 Å². The van der Waals surface area contributed by atoms with Crippen molar-refractivity contribution >= 4 is 0 Å². The Morgan fingerprint density at radius 3 is 2.29 bits per heavy atom. The van der Waals surface area contributed by atoms with E-state index in [4.69, 9.17) is 0 Å². The molecule has 0 heterocycles. The highest BCUT2D eigenvalue weighted by Gasteiger charge is 2.09. The van der Waals surface area contributed by atoms with Crippen LogP contribution in [0.5, 0.6) is 0 Å². The summed E-state index contributed by atoms with van der Waals surface area (Å²) in [5.74, 6) is 0.802. The first-order valence-electron chi connectivity index (χ1n) is 5.98. The number of nitrogens with one attached hydrogen (secondary N) is 1. The molecule has 1 atom stereocenters.